The van der Waals surface area contributed by atoms with Crippen LogP contribution in [0.5, 0.6) is 0 Å². The van der Waals surface area contributed by atoms with Gasteiger partial charge in [-0.3, -0.25) is 19.1 Å². The molecule has 0 aliphatic carbocycles. The Labute approximate surface area is 185 Å². The number of hydrogen-bond donors (Lipinski definition) is 1. The first-order chi connectivity index (χ1) is 15.2. The van der Waals surface area contributed by atoms with Gasteiger partial charge in [0.1, 0.15) is 0 Å². The fourth-order valence-corrected chi connectivity index (χ4v) is 4.71. The highest BCUT2D eigenvalue weighted by atomic mass is 19.3. The van der Waals surface area contributed by atoms with E-state index in [1.807, 2.05) is 12.1 Å². The second kappa shape index (κ2) is 9.11. The summed E-state index contributed by atoms with van der Waals surface area (Å²) in [5, 5.41) is 11.3. The summed E-state index contributed by atoms with van der Waals surface area (Å²) >= 11 is 0. The lowest BCUT2D eigenvalue weighted by atomic mass is 9.92. The summed E-state index contributed by atoms with van der Waals surface area (Å²) in [4.78, 5) is 34.4. The van der Waals surface area contributed by atoms with Crippen molar-refractivity contribution in [3.8, 4) is 0 Å². The van der Waals surface area contributed by atoms with Crippen LogP contribution < -0.4 is 10.5 Å². The molecule has 8 nitrogen and oxygen atoms in total. The van der Waals surface area contributed by atoms with Gasteiger partial charge in [0.05, 0.1) is 35.9 Å². The van der Waals surface area contributed by atoms with Crippen LogP contribution in [0.4, 0.5) is 14.5 Å². The fraction of sp³-hybridized carbons (Fsp3) is 0.591. The second-order valence-corrected chi connectivity index (χ2v) is 8.83. The van der Waals surface area contributed by atoms with Crippen LogP contribution in [-0.2, 0) is 11.3 Å². The lowest BCUT2D eigenvalue weighted by molar-refractivity contribution is -0.137. The number of piperazine rings is 1. The lowest BCUT2D eigenvalue weighted by Crippen LogP contribution is -2.58. The number of fused-ring (bicyclic) bond motifs is 1. The van der Waals surface area contributed by atoms with Gasteiger partial charge in [-0.05, 0) is 31.0 Å². The van der Waals surface area contributed by atoms with Gasteiger partial charge in [0.25, 0.3) is 12.0 Å². The molecular formula is C22H29F2N5O3. The number of aromatic nitrogens is 2. The van der Waals surface area contributed by atoms with E-state index in [0.29, 0.717) is 37.0 Å². The summed E-state index contributed by atoms with van der Waals surface area (Å²) < 4.78 is 26.2. The van der Waals surface area contributed by atoms with E-state index in [1.165, 1.54) is 13.3 Å². The number of piperidine rings is 1. The van der Waals surface area contributed by atoms with Gasteiger partial charge in [0.15, 0.2) is 0 Å². The molecule has 1 N–H and O–H groups in total. The molecule has 0 spiro atoms. The van der Waals surface area contributed by atoms with Crippen molar-refractivity contribution in [3.05, 3.63) is 34.9 Å². The molecule has 1 aromatic heterocycles. The first-order valence-corrected chi connectivity index (χ1v) is 11.0. The third-order valence-electron chi connectivity index (χ3n) is 6.40. The third kappa shape index (κ3) is 4.91. The number of β-amino-alcohol motifs (C(OH)–C–C–N with tert-alkyl or cyclic N) is 1. The lowest BCUT2D eigenvalue weighted by Gasteiger charge is -2.44. The monoisotopic (exact) mass is 449 g/mol. The molecule has 2 aliphatic heterocycles. The van der Waals surface area contributed by atoms with E-state index in [1.54, 1.807) is 11.0 Å². The van der Waals surface area contributed by atoms with Crippen LogP contribution in [0, 0.1) is 0 Å². The van der Waals surface area contributed by atoms with Crippen molar-refractivity contribution < 1.29 is 18.7 Å². The Morgan fingerprint density at radius 3 is 2.66 bits per heavy atom. The molecule has 2 saturated heterocycles. The maximum absolute atomic E-state index is 12.6. The number of carbonyl (C=O) groups excluding carboxylic acids is 1. The molecule has 10 heteroatoms. The van der Waals surface area contributed by atoms with Gasteiger partial charge in [-0.2, -0.15) is 0 Å². The van der Waals surface area contributed by atoms with Crippen LogP contribution in [0.25, 0.3) is 10.9 Å². The molecule has 4 rings (SSSR count). The summed E-state index contributed by atoms with van der Waals surface area (Å²) in [6.45, 7) is 5.53. The first kappa shape index (κ1) is 22.6. The fourth-order valence-electron chi connectivity index (χ4n) is 4.71. The highest BCUT2D eigenvalue weighted by molar-refractivity contribution is 5.81. The van der Waals surface area contributed by atoms with Crippen molar-refractivity contribution >= 4 is 22.5 Å². The average molecular weight is 450 g/mol. The Morgan fingerprint density at radius 2 is 1.97 bits per heavy atom. The third-order valence-corrected chi connectivity index (χ3v) is 6.40. The highest BCUT2D eigenvalue weighted by Gasteiger charge is 2.36. The number of anilines is 1. The Kier molecular flexibility index (Phi) is 6.43. The Hall–Kier alpha value is -2.59. The van der Waals surface area contributed by atoms with Crippen molar-refractivity contribution in [2.75, 3.05) is 50.7 Å². The van der Waals surface area contributed by atoms with Crippen LogP contribution in [0.2, 0.25) is 0 Å². The molecule has 3 heterocycles. The largest absolute Gasteiger partial charge is 0.387 e. The predicted octanol–water partition coefficient (Wildman–Crippen LogP) is 1.16. The number of carbonyl (C=O) groups is 1. The van der Waals surface area contributed by atoms with Gasteiger partial charge in [-0.15, -0.1) is 0 Å². The van der Waals surface area contributed by atoms with E-state index >= 15 is 0 Å². The number of hydrogen-bond acceptors (Lipinski definition) is 6. The Bertz CT molecular complexity index is 1040. The molecule has 2 fully saturated rings. The number of likely N-dealkylation sites (tertiary alicyclic amines) is 1. The maximum Gasteiger partial charge on any atom is 0.261 e. The zero-order valence-electron chi connectivity index (χ0n) is 18.2. The molecule has 0 saturated carbocycles. The summed E-state index contributed by atoms with van der Waals surface area (Å²) in [6.07, 6.45) is 0.0586. The van der Waals surface area contributed by atoms with Gasteiger partial charge < -0.3 is 14.9 Å². The Morgan fingerprint density at radius 1 is 1.22 bits per heavy atom. The molecule has 2 aliphatic rings. The van der Waals surface area contributed by atoms with Crippen LogP contribution in [0.15, 0.2) is 29.3 Å². The van der Waals surface area contributed by atoms with Gasteiger partial charge in [-0.1, -0.05) is 0 Å². The van der Waals surface area contributed by atoms with E-state index in [4.69, 9.17) is 0 Å². The van der Waals surface area contributed by atoms with E-state index in [-0.39, 0.29) is 5.91 Å². The standard InChI is InChI=1S/C22H29F2N5O3/c1-16(30)28-6-2-5-22(32,14-28)13-26-7-9-27(10-8-26)17-3-4-18-19(11-17)25-15-29(21(18)31)12-20(23)24/h3-4,11,15,20,32H,2,5-10,12-14H2,1H3. The number of rotatable bonds is 5. The molecule has 1 aromatic carbocycles. The quantitative estimate of drug-likeness (QED) is 0.738. The van der Waals surface area contributed by atoms with Crippen molar-refractivity contribution in [2.24, 2.45) is 0 Å². The van der Waals surface area contributed by atoms with E-state index in [2.05, 4.69) is 14.8 Å². The highest BCUT2D eigenvalue weighted by Crippen LogP contribution is 2.25. The zero-order valence-corrected chi connectivity index (χ0v) is 18.2. The average Bonchev–Trinajstić information content (AvgIpc) is 2.75. The minimum Gasteiger partial charge on any atom is -0.387 e. The maximum atomic E-state index is 12.6. The van der Waals surface area contributed by atoms with E-state index < -0.39 is 24.1 Å². The molecular weight excluding hydrogens is 420 g/mol. The SMILES string of the molecule is CC(=O)N1CCCC(O)(CN2CCN(c3ccc4c(=O)n(CC(F)F)cnc4c3)CC2)C1. The smallest absolute Gasteiger partial charge is 0.261 e. The minimum atomic E-state index is -2.61. The van der Waals surface area contributed by atoms with Crippen LogP contribution >= 0.6 is 0 Å². The van der Waals surface area contributed by atoms with Crippen LogP contribution in [0.1, 0.15) is 19.8 Å². The zero-order chi connectivity index (χ0) is 22.9. The van der Waals surface area contributed by atoms with Gasteiger partial charge in [0, 0.05) is 51.9 Å². The summed E-state index contributed by atoms with van der Waals surface area (Å²) in [7, 11) is 0. The van der Waals surface area contributed by atoms with Gasteiger partial charge in [-0.25, -0.2) is 13.8 Å². The topological polar surface area (TPSA) is 81.9 Å². The van der Waals surface area contributed by atoms with Gasteiger partial charge >= 0.3 is 0 Å². The number of nitrogens with zero attached hydrogens (tertiary/aromatic N) is 5. The first-order valence-electron chi connectivity index (χ1n) is 11.0. The molecule has 2 aromatic rings. The van der Waals surface area contributed by atoms with Gasteiger partial charge in [0.2, 0.25) is 5.91 Å². The predicted molar refractivity (Wildman–Crippen MR) is 117 cm³/mol. The summed E-state index contributed by atoms with van der Waals surface area (Å²) in [5.41, 5.74) is 0.0694. The molecule has 174 valence electrons. The normalized spacial score (nSPS) is 22.7. The number of halogens is 2. The molecule has 1 unspecified atom stereocenters. The summed E-state index contributed by atoms with van der Waals surface area (Å²) in [5.74, 6) is -0.00109. The van der Waals surface area contributed by atoms with Crippen molar-refractivity contribution in [3.63, 3.8) is 0 Å². The van der Waals surface area contributed by atoms with E-state index in [9.17, 15) is 23.5 Å². The number of aliphatic hydroxyl groups is 1. The Balaban J connectivity index is 1.39. The van der Waals surface area contributed by atoms with Crippen molar-refractivity contribution in [2.45, 2.75) is 38.3 Å². The molecule has 32 heavy (non-hydrogen) atoms. The molecule has 1 atom stereocenters. The molecule has 1 amide bonds. The number of benzene rings is 1. The molecule has 0 bridgehead atoms. The van der Waals surface area contributed by atoms with Crippen LogP contribution in [0.3, 0.4) is 0 Å². The van der Waals surface area contributed by atoms with Crippen molar-refractivity contribution in [1.29, 1.82) is 0 Å². The van der Waals surface area contributed by atoms with E-state index in [0.717, 1.165) is 42.9 Å². The van der Waals surface area contributed by atoms with Crippen LogP contribution in [-0.4, -0.2) is 88.2 Å². The minimum absolute atomic E-state index is 0.00109. The molecule has 0 radical (unpaired) electrons. The number of amides is 1. The summed E-state index contributed by atoms with van der Waals surface area (Å²) in [6, 6.07) is 5.29. The van der Waals surface area contributed by atoms with Crippen molar-refractivity contribution in [1.82, 2.24) is 19.4 Å². The number of alkyl halides is 2. The second-order valence-electron chi connectivity index (χ2n) is 8.83.